The van der Waals surface area contributed by atoms with E-state index in [2.05, 4.69) is 11.8 Å². The molecule has 2 amide bonds. The summed E-state index contributed by atoms with van der Waals surface area (Å²) in [5.74, 6) is 0. The zero-order valence-electron chi connectivity index (χ0n) is 10.8. The van der Waals surface area contributed by atoms with Crippen LogP contribution in [0.5, 0.6) is 0 Å². The number of carbonyl (C=O) groups is 1. The number of carbonyl (C=O) groups excluding carboxylic acids is 1. The average Bonchev–Trinajstić information content (AvgIpc) is 2.34. The van der Waals surface area contributed by atoms with E-state index >= 15 is 0 Å². The van der Waals surface area contributed by atoms with Crippen molar-refractivity contribution in [3.8, 4) is 0 Å². The van der Waals surface area contributed by atoms with Gasteiger partial charge in [0, 0.05) is 26.2 Å². The van der Waals surface area contributed by atoms with Crippen molar-refractivity contribution in [1.29, 1.82) is 0 Å². The Kier molecular flexibility index (Phi) is 5.25. The number of likely N-dealkylation sites (tertiary alicyclic amines) is 1. The zero-order chi connectivity index (χ0) is 13.8. The molecule has 0 bridgehead atoms. The molecule has 0 aromatic carbocycles. The first-order chi connectivity index (χ1) is 8.33. The van der Waals surface area contributed by atoms with E-state index in [0.29, 0.717) is 0 Å². The number of hydrogen-bond acceptors (Lipinski definition) is 2. The first kappa shape index (κ1) is 15.1. The third-order valence-electron chi connectivity index (χ3n) is 3.31. The van der Waals surface area contributed by atoms with E-state index < -0.39 is 18.8 Å². The van der Waals surface area contributed by atoms with Crippen LogP contribution in [0.1, 0.15) is 19.8 Å². The van der Waals surface area contributed by atoms with E-state index in [9.17, 15) is 18.0 Å². The van der Waals surface area contributed by atoms with Gasteiger partial charge in [-0.3, -0.25) is 0 Å². The van der Waals surface area contributed by atoms with E-state index in [1.807, 2.05) is 5.32 Å². The molecule has 4 nitrogen and oxygen atoms in total. The highest BCUT2D eigenvalue weighted by Crippen LogP contribution is 2.16. The SMILES string of the molecule is CCN1CCC(N(C)C(=O)NCC(F)(F)F)CC1. The van der Waals surface area contributed by atoms with Gasteiger partial charge in [-0.2, -0.15) is 13.2 Å². The molecule has 0 aromatic heterocycles. The molecule has 1 fully saturated rings. The maximum absolute atomic E-state index is 12.0. The molecule has 1 aliphatic heterocycles. The summed E-state index contributed by atoms with van der Waals surface area (Å²) < 4.78 is 35.9. The number of rotatable bonds is 3. The summed E-state index contributed by atoms with van der Waals surface area (Å²) in [7, 11) is 1.55. The number of hydrogen-bond donors (Lipinski definition) is 1. The number of urea groups is 1. The highest BCUT2D eigenvalue weighted by molar-refractivity contribution is 5.74. The largest absolute Gasteiger partial charge is 0.405 e. The predicted octanol–water partition coefficient (Wildman–Crippen LogP) is 1.67. The standard InChI is InChI=1S/C11H20F3N3O/c1-3-17-6-4-9(5-7-17)16(2)10(18)15-8-11(12,13)14/h9H,3-8H2,1-2H3,(H,15,18). The average molecular weight is 267 g/mol. The van der Waals surface area contributed by atoms with Gasteiger partial charge in [-0.05, 0) is 19.4 Å². The summed E-state index contributed by atoms with van der Waals surface area (Å²) in [5, 5.41) is 1.89. The summed E-state index contributed by atoms with van der Waals surface area (Å²) >= 11 is 0. The summed E-state index contributed by atoms with van der Waals surface area (Å²) in [6.45, 7) is 3.54. The predicted molar refractivity (Wildman–Crippen MR) is 62.4 cm³/mol. The van der Waals surface area contributed by atoms with Crippen LogP contribution in [0.25, 0.3) is 0 Å². The van der Waals surface area contributed by atoms with Crippen LogP contribution >= 0.6 is 0 Å². The molecule has 0 atom stereocenters. The maximum Gasteiger partial charge on any atom is 0.405 e. The van der Waals surface area contributed by atoms with E-state index in [-0.39, 0.29) is 6.04 Å². The normalized spacial score (nSPS) is 18.7. The highest BCUT2D eigenvalue weighted by atomic mass is 19.4. The Balaban J connectivity index is 2.35. The molecular formula is C11H20F3N3O. The Bertz CT molecular complexity index is 275. The van der Waals surface area contributed by atoms with Crippen LogP contribution in [0.3, 0.4) is 0 Å². The second-order valence-corrected chi connectivity index (χ2v) is 4.55. The Morgan fingerprint density at radius 3 is 2.39 bits per heavy atom. The van der Waals surface area contributed by atoms with Gasteiger partial charge in [0.25, 0.3) is 0 Å². The highest BCUT2D eigenvalue weighted by Gasteiger charge is 2.30. The van der Waals surface area contributed by atoms with Gasteiger partial charge in [-0.25, -0.2) is 4.79 Å². The van der Waals surface area contributed by atoms with E-state index in [1.54, 1.807) is 7.05 Å². The van der Waals surface area contributed by atoms with Gasteiger partial charge >= 0.3 is 12.2 Å². The Hall–Kier alpha value is -0.980. The summed E-state index contributed by atoms with van der Waals surface area (Å²) in [6, 6.07) is -0.622. The molecule has 1 aliphatic rings. The van der Waals surface area contributed by atoms with Crippen LogP contribution in [0, 0.1) is 0 Å². The molecule has 18 heavy (non-hydrogen) atoms. The fourth-order valence-corrected chi connectivity index (χ4v) is 2.09. The molecule has 1 N–H and O–H groups in total. The Morgan fingerprint density at radius 2 is 1.94 bits per heavy atom. The Morgan fingerprint density at radius 1 is 1.39 bits per heavy atom. The van der Waals surface area contributed by atoms with Crippen LogP contribution in [-0.2, 0) is 0 Å². The first-order valence-electron chi connectivity index (χ1n) is 6.13. The van der Waals surface area contributed by atoms with Crippen molar-refractivity contribution in [3.05, 3.63) is 0 Å². The van der Waals surface area contributed by atoms with Gasteiger partial charge in [-0.1, -0.05) is 6.92 Å². The van der Waals surface area contributed by atoms with Crippen LogP contribution in [-0.4, -0.2) is 61.3 Å². The smallest absolute Gasteiger partial charge is 0.329 e. The fourth-order valence-electron chi connectivity index (χ4n) is 2.09. The summed E-state index contributed by atoms with van der Waals surface area (Å²) in [4.78, 5) is 15.2. The van der Waals surface area contributed by atoms with Crippen molar-refractivity contribution in [3.63, 3.8) is 0 Å². The molecule has 0 radical (unpaired) electrons. The lowest BCUT2D eigenvalue weighted by Gasteiger charge is -2.36. The van der Waals surface area contributed by atoms with Gasteiger partial charge in [0.1, 0.15) is 6.54 Å². The van der Waals surface area contributed by atoms with E-state index in [4.69, 9.17) is 0 Å². The van der Waals surface area contributed by atoms with Crippen LogP contribution in [0.4, 0.5) is 18.0 Å². The molecule has 0 aliphatic carbocycles. The number of piperidine rings is 1. The quantitative estimate of drug-likeness (QED) is 0.844. The molecule has 0 unspecified atom stereocenters. The number of halogens is 3. The number of alkyl halides is 3. The van der Waals surface area contributed by atoms with Gasteiger partial charge in [0.15, 0.2) is 0 Å². The maximum atomic E-state index is 12.0. The minimum Gasteiger partial charge on any atom is -0.329 e. The fraction of sp³-hybridized carbons (Fsp3) is 0.909. The molecule has 1 rings (SSSR count). The van der Waals surface area contributed by atoms with Crippen molar-refractivity contribution in [2.75, 3.05) is 33.2 Å². The molecule has 106 valence electrons. The molecule has 0 spiro atoms. The van der Waals surface area contributed by atoms with Crippen LogP contribution in [0.2, 0.25) is 0 Å². The van der Waals surface area contributed by atoms with Crippen molar-refractivity contribution < 1.29 is 18.0 Å². The molecule has 1 heterocycles. The number of nitrogens with zero attached hydrogens (tertiary/aromatic N) is 2. The van der Waals surface area contributed by atoms with Crippen LogP contribution < -0.4 is 5.32 Å². The third-order valence-corrected chi connectivity index (χ3v) is 3.31. The third kappa shape index (κ3) is 4.72. The number of nitrogens with one attached hydrogen (secondary N) is 1. The Labute approximate surface area is 105 Å². The van der Waals surface area contributed by atoms with E-state index in [0.717, 1.165) is 32.5 Å². The summed E-state index contributed by atoms with van der Waals surface area (Å²) in [5.41, 5.74) is 0. The molecule has 7 heteroatoms. The van der Waals surface area contributed by atoms with Crippen molar-refractivity contribution in [2.24, 2.45) is 0 Å². The van der Waals surface area contributed by atoms with Crippen molar-refractivity contribution in [2.45, 2.75) is 32.0 Å². The second kappa shape index (κ2) is 6.26. The topological polar surface area (TPSA) is 35.6 Å². The lowest BCUT2D eigenvalue weighted by Crippen LogP contribution is -2.50. The zero-order valence-corrected chi connectivity index (χ0v) is 10.8. The van der Waals surface area contributed by atoms with Crippen LogP contribution in [0.15, 0.2) is 0 Å². The molecular weight excluding hydrogens is 247 g/mol. The van der Waals surface area contributed by atoms with Gasteiger partial charge in [0.2, 0.25) is 0 Å². The second-order valence-electron chi connectivity index (χ2n) is 4.55. The van der Waals surface area contributed by atoms with Gasteiger partial charge in [-0.15, -0.1) is 0 Å². The van der Waals surface area contributed by atoms with Crippen molar-refractivity contribution >= 4 is 6.03 Å². The lowest BCUT2D eigenvalue weighted by atomic mass is 10.0. The van der Waals surface area contributed by atoms with Gasteiger partial charge in [0.05, 0.1) is 0 Å². The van der Waals surface area contributed by atoms with E-state index in [1.165, 1.54) is 4.90 Å². The molecule has 0 aromatic rings. The van der Waals surface area contributed by atoms with Gasteiger partial charge < -0.3 is 15.1 Å². The minimum absolute atomic E-state index is 0.0287. The monoisotopic (exact) mass is 267 g/mol. The summed E-state index contributed by atoms with van der Waals surface area (Å²) in [6.07, 6.45) is -2.74. The lowest BCUT2D eigenvalue weighted by molar-refractivity contribution is -0.123. The number of amides is 2. The van der Waals surface area contributed by atoms with Crippen molar-refractivity contribution in [1.82, 2.24) is 15.1 Å². The molecule has 1 saturated heterocycles. The minimum atomic E-state index is -4.36. The molecule has 0 saturated carbocycles. The first-order valence-corrected chi connectivity index (χ1v) is 6.13.